The number of thioether (sulfide) groups is 1. The van der Waals surface area contributed by atoms with E-state index in [-0.39, 0.29) is 0 Å². The maximum atomic E-state index is 3.81. The Morgan fingerprint density at radius 3 is 2.62 bits per heavy atom. The van der Waals surface area contributed by atoms with E-state index in [4.69, 9.17) is 0 Å². The second-order valence-electron chi connectivity index (χ2n) is 1.20. The summed E-state index contributed by atoms with van der Waals surface area (Å²) < 4.78 is 0. The molecule has 0 heterocycles. The minimum absolute atomic E-state index is 0.989. The third kappa shape index (κ3) is 3.87. The molecule has 0 unspecified atom stereocenters. The van der Waals surface area contributed by atoms with Gasteiger partial charge < -0.3 is 0 Å². The summed E-state index contributed by atoms with van der Waals surface area (Å²) in [4.78, 5) is 0. The second-order valence-corrected chi connectivity index (χ2v) is 2.20. The van der Waals surface area contributed by atoms with Crippen molar-refractivity contribution in [1.29, 1.82) is 0 Å². The predicted molar refractivity (Wildman–Crippen MR) is 40.8 cm³/mol. The molecule has 0 aliphatic rings. The van der Waals surface area contributed by atoms with Gasteiger partial charge in [0.25, 0.3) is 0 Å². The van der Waals surface area contributed by atoms with E-state index in [9.17, 15) is 0 Å². The number of hydrogen-bond donors (Lipinski definition) is 0. The summed E-state index contributed by atoms with van der Waals surface area (Å²) in [5.41, 5.74) is 0. The first kappa shape index (κ1) is 7.69. The monoisotopic (exact) mass is 130 g/mol. The number of rotatable bonds is 1. The van der Waals surface area contributed by atoms with Crippen molar-refractivity contribution in [3.05, 3.63) is 0 Å². The summed E-state index contributed by atoms with van der Waals surface area (Å²) in [5.74, 6) is 0. The fourth-order valence-corrected chi connectivity index (χ4v) is 0.309. The maximum Gasteiger partial charge on any atom is 0.0924 e. The molecular weight excluding hydrogens is 120 g/mol. The summed E-state index contributed by atoms with van der Waals surface area (Å²) in [6, 6.07) is 0. The topological polar surface area (TPSA) is 24.7 Å². The normalized spacial score (nSPS) is 13.1. The lowest BCUT2D eigenvalue weighted by Crippen LogP contribution is -1.76. The summed E-state index contributed by atoms with van der Waals surface area (Å²) in [5, 5.41) is 8.48. The Bertz CT molecular complexity index is 107. The van der Waals surface area contributed by atoms with Gasteiger partial charge in [-0.2, -0.15) is 5.10 Å². The van der Waals surface area contributed by atoms with Crippen LogP contribution >= 0.6 is 11.8 Å². The molecule has 3 heteroatoms. The molecule has 0 saturated carbocycles. The van der Waals surface area contributed by atoms with Crippen LogP contribution in [-0.2, 0) is 0 Å². The molecule has 8 heavy (non-hydrogen) atoms. The van der Waals surface area contributed by atoms with E-state index in [0.717, 1.165) is 5.04 Å². The highest BCUT2D eigenvalue weighted by Gasteiger charge is 1.79. The lowest BCUT2D eigenvalue weighted by molar-refractivity contribution is 1.25. The van der Waals surface area contributed by atoms with Crippen molar-refractivity contribution in [3.8, 4) is 0 Å². The van der Waals surface area contributed by atoms with Gasteiger partial charge in [-0.3, -0.25) is 0 Å². The first-order valence-corrected chi connectivity index (χ1v) is 3.60. The van der Waals surface area contributed by atoms with Crippen LogP contribution in [0.2, 0.25) is 0 Å². The van der Waals surface area contributed by atoms with E-state index in [1.54, 1.807) is 18.0 Å². The van der Waals surface area contributed by atoms with E-state index >= 15 is 0 Å². The van der Waals surface area contributed by atoms with Gasteiger partial charge in [0.2, 0.25) is 0 Å². The molecule has 0 aliphatic heterocycles. The van der Waals surface area contributed by atoms with Crippen molar-refractivity contribution in [1.82, 2.24) is 0 Å². The van der Waals surface area contributed by atoms with Gasteiger partial charge in [0.1, 0.15) is 0 Å². The quantitative estimate of drug-likeness (QED) is 0.301. The molecule has 0 fully saturated rings. The van der Waals surface area contributed by atoms with Gasteiger partial charge in [-0.1, -0.05) is 0 Å². The average molecular weight is 130 g/mol. The van der Waals surface area contributed by atoms with Gasteiger partial charge in [0.05, 0.1) is 5.04 Å². The van der Waals surface area contributed by atoms with E-state index in [0.29, 0.717) is 0 Å². The minimum atomic E-state index is 0.989. The maximum absolute atomic E-state index is 3.81. The largest absolute Gasteiger partial charge is 0.163 e. The SMILES string of the molecule is C/C=N\N=C(\C)SC. The van der Waals surface area contributed by atoms with Crippen LogP contribution in [0.15, 0.2) is 10.2 Å². The Labute approximate surface area is 54.1 Å². The third-order valence-electron chi connectivity index (χ3n) is 0.609. The Kier molecular flexibility index (Phi) is 4.65. The average Bonchev–Trinajstić information content (AvgIpc) is 1.83. The second kappa shape index (κ2) is 4.84. The van der Waals surface area contributed by atoms with Gasteiger partial charge in [-0.05, 0) is 20.1 Å². The molecule has 0 aromatic rings. The van der Waals surface area contributed by atoms with E-state index in [2.05, 4.69) is 10.2 Å². The molecule has 0 rings (SSSR count). The number of nitrogens with zero attached hydrogens (tertiary/aromatic N) is 2. The van der Waals surface area contributed by atoms with E-state index in [1.807, 2.05) is 20.1 Å². The summed E-state index contributed by atoms with van der Waals surface area (Å²) in [6.07, 6.45) is 3.64. The van der Waals surface area contributed by atoms with Crippen LogP contribution in [0.1, 0.15) is 13.8 Å². The van der Waals surface area contributed by atoms with Crippen LogP contribution in [-0.4, -0.2) is 17.5 Å². The zero-order valence-corrected chi connectivity index (χ0v) is 6.20. The van der Waals surface area contributed by atoms with Gasteiger partial charge in [-0.15, -0.1) is 16.9 Å². The predicted octanol–water partition coefficient (Wildman–Crippen LogP) is 1.77. The first-order valence-electron chi connectivity index (χ1n) is 2.37. The Morgan fingerprint density at radius 2 is 2.25 bits per heavy atom. The molecule has 0 saturated heterocycles. The molecule has 0 aliphatic carbocycles. The lowest BCUT2D eigenvalue weighted by Gasteiger charge is -1.84. The van der Waals surface area contributed by atoms with Gasteiger partial charge in [0, 0.05) is 6.21 Å². The van der Waals surface area contributed by atoms with Gasteiger partial charge >= 0.3 is 0 Å². The minimum Gasteiger partial charge on any atom is -0.163 e. The Balaban J connectivity index is 3.57. The van der Waals surface area contributed by atoms with Crippen molar-refractivity contribution in [2.24, 2.45) is 10.2 Å². The zero-order valence-electron chi connectivity index (χ0n) is 5.38. The molecule has 0 spiro atoms. The Morgan fingerprint density at radius 1 is 1.62 bits per heavy atom. The van der Waals surface area contributed by atoms with Gasteiger partial charge in [-0.25, -0.2) is 0 Å². The van der Waals surface area contributed by atoms with Crippen molar-refractivity contribution in [3.63, 3.8) is 0 Å². The van der Waals surface area contributed by atoms with Crippen LogP contribution < -0.4 is 0 Å². The summed E-state index contributed by atoms with van der Waals surface area (Å²) >= 11 is 1.60. The van der Waals surface area contributed by atoms with E-state index < -0.39 is 0 Å². The molecule has 0 radical (unpaired) electrons. The molecule has 0 aromatic heterocycles. The molecule has 0 N–H and O–H groups in total. The van der Waals surface area contributed by atoms with Gasteiger partial charge in [0.15, 0.2) is 0 Å². The van der Waals surface area contributed by atoms with Crippen molar-refractivity contribution < 1.29 is 0 Å². The zero-order chi connectivity index (χ0) is 6.41. The van der Waals surface area contributed by atoms with Crippen molar-refractivity contribution in [2.45, 2.75) is 13.8 Å². The third-order valence-corrected chi connectivity index (χ3v) is 1.28. The van der Waals surface area contributed by atoms with Crippen LogP contribution in [0.3, 0.4) is 0 Å². The highest BCUT2D eigenvalue weighted by atomic mass is 32.2. The van der Waals surface area contributed by atoms with Crippen LogP contribution in [0, 0.1) is 0 Å². The molecule has 0 atom stereocenters. The molecule has 0 amide bonds. The Hall–Kier alpha value is -0.310. The van der Waals surface area contributed by atoms with E-state index in [1.165, 1.54) is 0 Å². The fourth-order valence-electron chi connectivity index (χ4n) is 0.180. The van der Waals surface area contributed by atoms with Crippen molar-refractivity contribution >= 4 is 23.0 Å². The molecular formula is C5H10N2S. The number of hydrogen-bond acceptors (Lipinski definition) is 3. The molecule has 46 valence electrons. The molecule has 2 nitrogen and oxygen atoms in total. The van der Waals surface area contributed by atoms with Crippen LogP contribution in [0.25, 0.3) is 0 Å². The molecule has 0 bridgehead atoms. The van der Waals surface area contributed by atoms with Crippen molar-refractivity contribution in [2.75, 3.05) is 6.26 Å². The highest BCUT2D eigenvalue weighted by Crippen LogP contribution is 1.95. The summed E-state index contributed by atoms with van der Waals surface area (Å²) in [7, 11) is 0. The highest BCUT2D eigenvalue weighted by molar-refractivity contribution is 8.13. The lowest BCUT2D eigenvalue weighted by atomic mass is 10.9. The van der Waals surface area contributed by atoms with Crippen LogP contribution in [0.5, 0.6) is 0 Å². The smallest absolute Gasteiger partial charge is 0.0924 e. The fraction of sp³-hybridized carbons (Fsp3) is 0.600. The molecule has 0 aromatic carbocycles. The summed E-state index contributed by atoms with van der Waals surface area (Å²) in [6.45, 7) is 3.77. The standard InChI is InChI=1S/C5H10N2S/c1-4-6-7-5(2)8-3/h4H,1-3H3/b6-4-,7-5-. The first-order chi connectivity index (χ1) is 3.81. The van der Waals surface area contributed by atoms with Crippen LogP contribution in [0.4, 0.5) is 0 Å².